The van der Waals surface area contributed by atoms with Crippen LogP contribution < -0.4 is 10.2 Å². The summed E-state index contributed by atoms with van der Waals surface area (Å²) in [6, 6.07) is 3.29. The van der Waals surface area contributed by atoms with E-state index in [9.17, 15) is 0 Å². The minimum atomic E-state index is 0. The molecule has 5 aliphatic rings. The van der Waals surface area contributed by atoms with Crippen molar-refractivity contribution >= 4 is 28.7 Å². The first-order valence-corrected chi connectivity index (χ1v) is 11.5. The normalized spacial score (nSPS) is 35.1. The van der Waals surface area contributed by atoms with Gasteiger partial charge in [-0.25, -0.2) is 0 Å². The van der Waals surface area contributed by atoms with Crippen LogP contribution in [-0.4, -0.2) is 19.1 Å². The zero-order valence-electron chi connectivity index (χ0n) is 16.6. The third kappa shape index (κ3) is 3.12. The summed E-state index contributed by atoms with van der Waals surface area (Å²) in [5.41, 5.74) is 2.29. The molecule has 1 aromatic rings. The number of nitrogens with one attached hydrogen (secondary N) is 1. The van der Waals surface area contributed by atoms with E-state index in [-0.39, 0.29) is 12.4 Å². The summed E-state index contributed by atoms with van der Waals surface area (Å²) >= 11 is 2.09. The first-order valence-electron chi connectivity index (χ1n) is 10.6. The van der Waals surface area contributed by atoms with Gasteiger partial charge in [0.15, 0.2) is 0 Å². The molecule has 0 amide bonds. The van der Waals surface area contributed by atoms with Crippen molar-refractivity contribution in [1.29, 1.82) is 0 Å². The first kappa shape index (κ1) is 19.1. The summed E-state index contributed by atoms with van der Waals surface area (Å²) in [5, 5.41) is 5.56. The molecule has 26 heavy (non-hydrogen) atoms. The van der Waals surface area contributed by atoms with Crippen molar-refractivity contribution in [2.45, 2.75) is 77.8 Å². The van der Waals surface area contributed by atoms with Crippen molar-refractivity contribution in [3.05, 3.63) is 16.5 Å². The molecule has 2 bridgehead atoms. The van der Waals surface area contributed by atoms with Crippen LogP contribution in [0, 0.1) is 23.2 Å². The molecule has 4 aliphatic carbocycles. The zero-order chi connectivity index (χ0) is 17.2. The minimum Gasteiger partial charge on any atom is -0.363 e. The molecule has 0 aromatic carbocycles. The molecule has 1 saturated heterocycles. The Balaban J connectivity index is 0.00000168. The van der Waals surface area contributed by atoms with Crippen molar-refractivity contribution in [3.63, 3.8) is 0 Å². The van der Waals surface area contributed by atoms with E-state index in [2.05, 4.69) is 48.4 Å². The molecule has 2 heterocycles. The Morgan fingerprint density at radius 2 is 1.92 bits per heavy atom. The van der Waals surface area contributed by atoms with Gasteiger partial charge in [0.1, 0.15) is 0 Å². The van der Waals surface area contributed by atoms with E-state index < -0.39 is 0 Å². The van der Waals surface area contributed by atoms with E-state index >= 15 is 0 Å². The first-order chi connectivity index (χ1) is 12.0. The molecule has 0 radical (unpaired) electrons. The van der Waals surface area contributed by atoms with E-state index in [1.807, 2.05) is 0 Å². The van der Waals surface area contributed by atoms with Gasteiger partial charge >= 0.3 is 0 Å². The van der Waals surface area contributed by atoms with Gasteiger partial charge < -0.3 is 10.2 Å². The van der Waals surface area contributed by atoms with Crippen LogP contribution in [0.25, 0.3) is 0 Å². The average molecular weight is 395 g/mol. The lowest BCUT2D eigenvalue weighted by molar-refractivity contribution is -0.115. The summed E-state index contributed by atoms with van der Waals surface area (Å²) in [6.07, 6.45) is 8.47. The molecule has 4 saturated carbocycles. The number of rotatable bonds is 5. The quantitative estimate of drug-likeness (QED) is 0.678. The van der Waals surface area contributed by atoms with Crippen LogP contribution in [0.4, 0.5) is 5.00 Å². The van der Waals surface area contributed by atoms with Crippen LogP contribution in [0.3, 0.4) is 0 Å². The summed E-state index contributed by atoms with van der Waals surface area (Å²) < 4.78 is 0. The van der Waals surface area contributed by atoms with Gasteiger partial charge in [-0.05, 0) is 79.2 Å². The molecule has 0 unspecified atom stereocenters. The van der Waals surface area contributed by atoms with Crippen molar-refractivity contribution in [3.8, 4) is 0 Å². The van der Waals surface area contributed by atoms with Gasteiger partial charge in [0.25, 0.3) is 0 Å². The van der Waals surface area contributed by atoms with Crippen LogP contribution in [0.1, 0.15) is 75.7 Å². The van der Waals surface area contributed by atoms with Crippen molar-refractivity contribution in [1.82, 2.24) is 5.32 Å². The lowest BCUT2D eigenvalue weighted by Gasteiger charge is -2.62. The van der Waals surface area contributed by atoms with Gasteiger partial charge in [-0.15, -0.1) is 23.7 Å². The number of halogens is 1. The lowest BCUT2D eigenvalue weighted by Crippen LogP contribution is -2.59. The number of hydrogen-bond donors (Lipinski definition) is 1. The van der Waals surface area contributed by atoms with Crippen molar-refractivity contribution in [2.24, 2.45) is 23.2 Å². The Kier molecular flexibility index (Phi) is 5.12. The molecular weight excluding hydrogens is 360 g/mol. The highest BCUT2D eigenvalue weighted by molar-refractivity contribution is 7.16. The monoisotopic (exact) mass is 394 g/mol. The Morgan fingerprint density at radius 3 is 2.54 bits per heavy atom. The number of anilines is 1. The van der Waals surface area contributed by atoms with Gasteiger partial charge in [0, 0.05) is 30.6 Å². The third-order valence-electron chi connectivity index (χ3n) is 8.14. The smallest absolute Gasteiger partial charge is 0.0914 e. The molecule has 6 rings (SSSR count). The average Bonchev–Trinajstić information content (AvgIpc) is 3.11. The maximum absolute atomic E-state index is 4.01. The van der Waals surface area contributed by atoms with Crippen LogP contribution in [0.2, 0.25) is 0 Å². The standard InChI is InChI=1S/C22H34N2S.ClH/c1-14-18-10-16(22(18,2)3)11-19(14)23-13-20-17(15-6-7-15)12-21(25-20)24-8-4-5-9-24;/h12,14-16,18-19,23H,4-11,13H2,1-3H3;1H/t14-,16+,18-,19-;/m1./s1. The highest BCUT2D eigenvalue weighted by atomic mass is 35.5. The number of thiophene rings is 1. The van der Waals surface area contributed by atoms with Crippen LogP contribution >= 0.6 is 23.7 Å². The van der Waals surface area contributed by atoms with Crippen LogP contribution in [0.5, 0.6) is 0 Å². The number of hydrogen-bond acceptors (Lipinski definition) is 3. The fourth-order valence-electron chi connectivity index (χ4n) is 6.04. The molecule has 146 valence electrons. The van der Waals surface area contributed by atoms with E-state index in [0.29, 0.717) is 5.41 Å². The van der Waals surface area contributed by atoms with E-state index in [0.717, 1.165) is 36.3 Å². The lowest BCUT2D eigenvalue weighted by atomic mass is 9.45. The Morgan fingerprint density at radius 1 is 1.19 bits per heavy atom. The van der Waals surface area contributed by atoms with Crippen LogP contribution in [0.15, 0.2) is 6.07 Å². The number of fused-ring (bicyclic) bond motifs is 2. The summed E-state index contributed by atoms with van der Waals surface area (Å²) in [5.74, 6) is 3.61. The fourth-order valence-corrected chi connectivity index (χ4v) is 7.29. The Bertz CT molecular complexity index is 645. The van der Waals surface area contributed by atoms with Crippen LogP contribution in [-0.2, 0) is 6.54 Å². The van der Waals surface area contributed by atoms with E-state index in [4.69, 9.17) is 0 Å². The molecule has 1 aromatic heterocycles. The molecule has 1 N–H and O–H groups in total. The predicted octanol–water partition coefficient (Wildman–Crippen LogP) is 5.81. The zero-order valence-corrected chi connectivity index (χ0v) is 18.2. The second kappa shape index (κ2) is 6.97. The Labute approximate surface area is 169 Å². The molecule has 4 atom stereocenters. The summed E-state index contributed by atoms with van der Waals surface area (Å²) in [6.45, 7) is 11.2. The fraction of sp³-hybridized carbons (Fsp3) is 0.818. The summed E-state index contributed by atoms with van der Waals surface area (Å²) in [7, 11) is 0. The minimum absolute atomic E-state index is 0. The number of nitrogens with zero attached hydrogens (tertiary/aromatic N) is 1. The molecule has 4 heteroatoms. The van der Waals surface area contributed by atoms with E-state index in [1.165, 1.54) is 51.6 Å². The topological polar surface area (TPSA) is 15.3 Å². The maximum atomic E-state index is 4.01. The predicted molar refractivity (Wildman–Crippen MR) is 115 cm³/mol. The molecule has 5 fully saturated rings. The largest absolute Gasteiger partial charge is 0.363 e. The van der Waals surface area contributed by atoms with Gasteiger partial charge in [0.2, 0.25) is 0 Å². The molecule has 1 aliphatic heterocycles. The second-order valence-electron chi connectivity index (χ2n) is 9.87. The van der Waals surface area contributed by atoms with Gasteiger partial charge in [-0.1, -0.05) is 20.8 Å². The van der Waals surface area contributed by atoms with E-state index in [1.54, 1.807) is 15.4 Å². The van der Waals surface area contributed by atoms with Gasteiger partial charge in [-0.2, -0.15) is 0 Å². The molecule has 2 nitrogen and oxygen atoms in total. The van der Waals surface area contributed by atoms with Gasteiger partial charge in [0.05, 0.1) is 5.00 Å². The highest BCUT2D eigenvalue weighted by Crippen LogP contribution is 2.61. The van der Waals surface area contributed by atoms with Crippen molar-refractivity contribution in [2.75, 3.05) is 18.0 Å². The molecule has 0 spiro atoms. The Hall–Kier alpha value is -0.250. The highest BCUT2D eigenvalue weighted by Gasteiger charge is 2.56. The molecular formula is C22H35ClN2S. The third-order valence-corrected chi connectivity index (χ3v) is 9.35. The second-order valence-corrected chi connectivity index (χ2v) is 11.0. The SMILES string of the molecule is C[C@@H]1[C@H]2C[C@@H](C[C@H]1NCc1sc(N3CCCC3)cc1C1CC1)C2(C)C.Cl. The van der Waals surface area contributed by atoms with Crippen molar-refractivity contribution < 1.29 is 0 Å². The summed E-state index contributed by atoms with van der Waals surface area (Å²) in [4.78, 5) is 4.27. The van der Waals surface area contributed by atoms with Gasteiger partial charge in [-0.3, -0.25) is 0 Å². The maximum Gasteiger partial charge on any atom is 0.0914 e.